The molecule has 226 valence electrons. The molecule has 0 spiro atoms. The summed E-state index contributed by atoms with van der Waals surface area (Å²) in [6.07, 6.45) is 0. The van der Waals surface area contributed by atoms with Gasteiger partial charge in [-0.1, -0.05) is 152 Å². The van der Waals surface area contributed by atoms with Crippen molar-refractivity contribution in [3.05, 3.63) is 188 Å². The van der Waals surface area contributed by atoms with E-state index in [2.05, 4.69) is 181 Å². The maximum Gasteiger partial charge on any atom is 0.143 e. The van der Waals surface area contributed by atoms with Crippen molar-refractivity contribution in [1.29, 1.82) is 0 Å². The molecule has 0 amide bonds. The van der Waals surface area contributed by atoms with Gasteiger partial charge in [-0.05, 0) is 69.4 Å². The van der Waals surface area contributed by atoms with Gasteiger partial charge in [0.15, 0.2) is 0 Å². The van der Waals surface area contributed by atoms with Gasteiger partial charge in [0.25, 0.3) is 0 Å². The van der Waals surface area contributed by atoms with Crippen LogP contribution in [0.25, 0.3) is 66.1 Å². The summed E-state index contributed by atoms with van der Waals surface area (Å²) >= 11 is 0. The number of nitrogens with zero attached hydrogens (tertiary/aromatic N) is 1. The van der Waals surface area contributed by atoms with Gasteiger partial charge in [0.1, 0.15) is 11.2 Å². The van der Waals surface area contributed by atoms with E-state index in [0.717, 1.165) is 50.1 Å². The van der Waals surface area contributed by atoms with Crippen LogP contribution in [0, 0.1) is 0 Å². The van der Waals surface area contributed by atoms with Gasteiger partial charge in [-0.25, -0.2) is 0 Å². The van der Waals surface area contributed by atoms with Crippen LogP contribution in [0.15, 0.2) is 192 Å². The largest absolute Gasteiger partial charge is 0.455 e. The first-order chi connectivity index (χ1) is 23.8. The van der Waals surface area contributed by atoms with Gasteiger partial charge in [0, 0.05) is 33.3 Å². The molecule has 0 saturated heterocycles. The van der Waals surface area contributed by atoms with E-state index >= 15 is 0 Å². The van der Waals surface area contributed by atoms with E-state index in [1.54, 1.807) is 0 Å². The van der Waals surface area contributed by atoms with Crippen LogP contribution in [0.2, 0.25) is 0 Å². The molecule has 0 fully saturated rings. The third kappa shape index (κ3) is 4.83. The minimum Gasteiger partial charge on any atom is -0.455 e. The second-order valence-electron chi connectivity index (χ2n) is 12.1. The first-order valence-electron chi connectivity index (χ1n) is 16.4. The molecule has 0 aliphatic rings. The Kier molecular flexibility index (Phi) is 6.84. The molecule has 0 bridgehead atoms. The highest BCUT2D eigenvalue weighted by Gasteiger charge is 2.21. The Labute approximate surface area is 279 Å². The van der Waals surface area contributed by atoms with Crippen LogP contribution in [0.5, 0.6) is 0 Å². The first kappa shape index (κ1) is 27.9. The molecule has 0 radical (unpaired) electrons. The van der Waals surface area contributed by atoms with E-state index in [1.165, 1.54) is 33.0 Å². The molecular weight excluding hydrogens is 583 g/mol. The zero-order valence-electron chi connectivity index (χ0n) is 26.3. The maximum atomic E-state index is 6.55. The van der Waals surface area contributed by atoms with Crippen LogP contribution < -0.4 is 4.90 Å². The molecule has 0 unspecified atom stereocenters. The van der Waals surface area contributed by atoms with Crippen LogP contribution in [0.4, 0.5) is 17.1 Å². The summed E-state index contributed by atoms with van der Waals surface area (Å²) in [5, 5.41) is 4.73. The molecule has 0 aliphatic carbocycles. The van der Waals surface area contributed by atoms with Gasteiger partial charge in [-0.15, -0.1) is 0 Å². The van der Waals surface area contributed by atoms with Crippen LogP contribution in [0.1, 0.15) is 0 Å². The summed E-state index contributed by atoms with van der Waals surface area (Å²) < 4.78 is 6.55. The van der Waals surface area contributed by atoms with Crippen molar-refractivity contribution in [2.75, 3.05) is 4.90 Å². The van der Waals surface area contributed by atoms with Crippen LogP contribution >= 0.6 is 0 Å². The molecule has 0 saturated carbocycles. The van der Waals surface area contributed by atoms with Crippen molar-refractivity contribution in [1.82, 2.24) is 0 Å². The molecule has 0 N–H and O–H groups in total. The minimum absolute atomic E-state index is 0.897. The molecule has 1 aromatic heterocycles. The molecule has 2 nitrogen and oxygen atoms in total. The second-order valence-corrected chi connectivity index (χ2v) is 12.1. The molecule has 9 aromatic rings. The van der Waals surface area contributed by atoms with Crippen LogP contribution in [-0.2, 0) is 0 Å². The molecule has 8 aromatic carbocycles. The van der Waals surface area contributed by atoms with Gasteiger partial charge < -0.3 is 9.32 Å². The SMILES string of the molecule is c1ccc(-c2ccc(N(c3cccc(-c4cccc5ccccc45)c3)c3ccccc3-c3cccc4c3oc3ccccc34)cc2)cc1. The van der Waals surface area contributed by atoms with Crippen molar-refractivity contribution in [3.63, 3.8) is 0 Å². The van der Waals surface area contributed by atoms with Gasteiger partial charge in [0.2, 0.25) is 0 Å². The van der Waals surface area contributed by atoms with Crippen molar-refractivity contribution in [2.45, 2.75) is 0 Å². The highest BCUT2D eigenvalue weighted by atomic mass is 16.3. The van der Waals surface area contributed by atoms with E-state index in [0.29, 0.717) is 0 Å². The maximum absolute atomic E-state index is 6.55. The van der Waals surface area contributed by atoms with Crippen molar-refractivity contribution >= 4 is 49.8 Å². The third-order valence-corrected chi connectivity index (χ3v) is 9.28. The summed E-state index contributed by atoms with van der Waals surface area (Å²) in [5.41, 5.74) is 12.0. The van der Waals surface area contributed by atoms with Crippen LogP contribution in [-0.4, -0.2) is 0 Å². The minimum atomic E-state index is 0.897. The highest BCUT2D eigenvalue weighted by Crippen LogP contribution is 2.45. The number of furan rings is 1. The lowest BCUT2D eigenvalue weighted by Gasteiger charge is -2.28. The third-order valence-electron chi connectivity index (χ3n) is 9.28. The van der Waals surface area contributed by atoms with Crippen molar-refractivity contribution in [3.8, 4) is 33.4 Å². The number of hydrogen-bond acceptors (Lipinski definition) is 2. The quantitative estimate of drug-likeness (QED) is 0.185. The average Bonchev–Trinajstić information content (AvgIpc) is 3.55. The number of rotatable bonds is 6. The van der Waals surface area contributed by atoms with E-state index in [9.17, 15) is 0 Å². The lowest BCUT2D eigenvalue weighted by atomic mass is 9.96. The normalized spacial score (nSPS) is 11.3. The van der Waals surface area contributed by atoms with E-state index in [1.807, 2.05) is 12.1 Å². The van der Waals surface area contributed by atoms with Crippen molar-refractivity contribution < 1.29 is 4.42 Å². The summed E-state index contributed by atoms with van der Waals surface area (Å²) in [7, 11) is 0. The lowest BCUT2D eigenvalue weighted by Crippen LogP contribution is -2.11. The Bertz CT molecular complexity index is 2560. The summed E-state index contributed by atoms with van der Waals surface area (Å²) in [6, 6.07) is 66.9. The fourth-order valence-electron chi connectivity index (χ4n) is 7.01. The Balaban J connectivity index is 1.25. The van der Waals surface area contributed by atoms with Crippen LogP contribution in [0.3, 0.4) is 0 Å². The summed E-state index contributed by atoms with van der Waals surface area (Å²) in [4.78, 5) is 2.38. The molecule has 0 aliphatic heterocycles. The number of hydrogen-bond donors (Lipinski definition) is 0. The topological polar surface area (TPSA) is 16.4 Å². The van der Waals surface area contributed by atoms with Crippen molar-refractivity contribution in [2.24, 2.45) is 0 Å². The van der Waals surface area contributed by atoms with Gasteiger partial charge in [-0.3, -0.25) is 0 Å². The monoisotopic (exact) mass is 613 g/mol. The average molecular weight is 614 g/mol. The van der Waals surface area contributed by atoms with Gasteiger partial charge >= 0.3 is 0 Å². The Morgan fingerprint density at radius 1 is 0.354 bits per heavy atom. The zero-order chi connectivity index (χ0) is 31.9. The Morgan fingerprint density at radius 2 is 0.958 bits per heavy atom. The van der Waals surface area contributed by atoms with Gasteiger partial charge in [-0.2, -0.15) is 0 Å². The second kappa shape index (κ2) is 11.8. The van der Waals surface area contributed by atoms with E-state index in [4.69, 9.17) is 4.42 Å². The van der Waals surface area contributed by atoms with Gasteiger partial charge in [0.05, 0.1) is 5.69 Å². The Hall–Kier alpha value is -6.38. The standard InChI is InChI=1S/C46H31NO/c1-2-13-32(14-3-1)33-27-29-36(30-28-33)47(37-18-10-17-35(31-37)39-22-11-16-34-15-4-5-19-38(34)39)44-25-8-6-20-40(44)42-23-12-24-43-41-21-7-9-26-45(41)48-46(42)43/h1-31H. The smallest absolute Gasteiger partial charge is 0.143 e. The molecule has 48 heavy (non-hydrogen) atoms. The zero-order valence-corrected chi connectivity index (χ0v) is 26.3. The highest BCUT2D eigenvalue weighted by molar-refractivity contribution is 6.11. The fraction of sp³-hybridized carbons (Fsp3) is 0. The summed E-state index contributed by atoms with van der Waals surface area (Å²) in [5.74, 6) is 0. The molecule has 9 rings (SSSR count). The molecule has 1 heterocycles. The fourth-order valence-corrected chi connectivity index (χ4v) is 7.01. The first-order valence-corrected chi connectivity index (χ1v) is 16.4. The predicted octanol–water partition coefficient (Wildman–Crippen LogP) is 13.2. The lowest BCUT2D eigenvalue weighted by molar-refractivity contribution is 0.670. The number of anilines is 3. The molecule has 0 atom stereocenters. The predicted molar refractivity (Wildman–Crippen MR) is 202 cm³/mol. The number of para-hydroxylation sites is 3. The number of benzene rings is 8. The molecular formula is C46H31NO. The number of fused-ring (bicyclic) bond motifs is 4. The summed E-state index contributed by atoms with van der Waals surface area (Å²) in [6.45, 7) is 0. The Morgan fingerprint density at radius 3 is 1.85 bits per heavy atom. The van der Waals surface area contributed by atoms with E-state index < -0.39 is 0 Å². The molecule has 2 heteroatoms. The van der Waals surface area contributed by atoms with E-state index in [-0.39, 0.29) is 0 Å².